The Morgan fingerprint density at radius 1 is 1.43 bits per heavy atom. The van der Waals surface area contributed by atoms with E-state index in [1.165, 1.54) is 0 Å². The van der Waals surface area contributed by atoms with E-state index in [9.17, 15) is 9.90 Å². The minimum atomic E-state index is -0.659. The molecule has 2 N–H and O–H groups in total. The summed E-state index contributed by atoms with van der Waals surface area (Å²) in [6.07, 6.45) is 4.18. The van der Waals surface area contributed by atoms with E-state index in [0.29, 0.717) is 12.2 Å². The van der Waals surface area contributed by atoms with Crippen molar-refractivity contribution < 1.29 is 9.90 Å². The molecule has 1 aliphatic heterocycles. The van der Waals surface area contributed by atoms with Crippen molar-refractivity contribution in [2.24, 2.45) is 0 Å². The summed E-state index contributed by atoms with van der Waals surface area (Å²) in [5.41, 5.74) is 1.51. The number of carbonyl (C=O) groups is 1. The maximum Gasteiger partial charge on any atom is 0.322 e. The van der Waals surface area contributed by atoms with Crippen molar-refractivity contribution in [3.63, 3.8) is 0 Å². The number of aromatic nitrogens is 4. The fourth-order valence-corrected chi connectivity index (χ4v) is 2.33. The molecule has 8 heteroatoms. The first-order valence-electron chi connectivity index (χ1n) is 6.66. The molecular formula is C13H16N6O2. The summed E-state index contributed by atoms with van der Waals surface area (Å²) >= 11 is 0. The van der Waals surface area contributed by atoms with Gasteiger partial charge >= 0.3 is 6.03 Å². The molecule has 2 atom stereocenters. The summed E-state index contributed by atoms with van der Waals surface area (Å²) in [7, 11) is 0. The highest BCUT2D eigenvalue weighted by molar-refractivity contribution is 5.89. The van der Waals surface area contributed by atoms with E-state index in [1.54, 1.807) is 34.2 Å². The normalized spacial score (nSPS) is 21.5. The van der Waals surface area contributed by atoms with E-state index in [0.717, 1.165) is 5.69 Å². The number of pyridine rings is 1. The van der Waals surface area contributed by atoms with E-state index >= 15 is 0 Å². The minimum Gasteiger partial charge on any atom is -0.389 e. The number of hydrogen-bond acceptors (Lipinski definition) is 5. The zero-order valence-corrected chi connectivity index (χ0v) is 11.5. The quantitative estimate of drug-likeness (QED) is 0.835. The molecule has 1 saturated heterocycles. The fourth-order valence-electron chi connectivity index (χ4n) is 2.33. The van der Waals surface area contributed by atoms with Gasteiger partial charge in [-0.3, -0.25) is 4.98 Å². The molecular weight excluding hydrogens is 272 g/mol. The number of aliphatic hydroxyl groups excluding tert-OH is 1. The third kappa shape index (κ3) is 2.84. The lowest BCUT2D eigenvalue weighted by Gasteiger charge is -2.16. The van der Waals surface area contributed by atoms with Crippen molar-refractivity contribution in [1.29, 1.82) is 0 Å². The standard InChI is InChI=1S/C13H16N6O2/c1-9-2-3-10(6-14-9)16-13(21)18-7-11(12(20)8-18)19-5-4-15-17-19/h2-6,11-12,20H,7-8H2,1H3,(H,16,21)/t11-,12-/m1/s1. The molecule has 2 aromatic rings. The number of urea groups is 1. The van der Waals surface area contributed by atoms with Crippen LogP contribution in [0.3, 0.4) is 0 Å². The lowest BCUT2D eigenvalue weighted by atomic mass is 10.2. The molecule has 0 aromatic carbocycles. The molecule has 3 rings (SSSR count). The van der Waals surface area contributed by atoms with E-state index in [4.69, 9.17) is 0 Å². The number of amides is 2. The number of β-amino-alcohol motifs (C(OH)–C–C–N with tert-alkyl or cyclic N) is 1. The second-order valence-electron chi connectivity index (χ2n) is 5.04. The van der Waals surface area contributed by atoms with Gasteiger partial charge < -0.3 is 15.3 Å². The smallest absolute Gasteiger partial charge is 0.322 e. The molecule has 1 fully saturated rings. The lowest BCUT2D eigenvalue weighted by Crippen LogP contribution is -2.33. The Hall–Kier alpha value is -2.48. The van der Waals surface area contributed by atoms with Crippen LogP contribution in [0.25, 0.3) is 0 Å². The largest absolute Gasteiger partial charge is 0.389 e. The maximum absolute atomic E-state index is 12.2. The van der Waals surface area contributed by atoms with Crippen molar-refractivity contribution in [3.8, 4) is 0 Å². The van der Waals surface area contributed by atoms with Gasteiger partial charge in [0, 0.05) is 18.4 Å². The van der Waals surface area contributed by atoms with Gasteiger partial charge in [-0.25, -0.2) is 9.48 Å². The lowest BCUT2D eigenvalue weighted by molar-refractivity contribution is 0.139. The predicted octanol–water partition coefficient (Wildman–Crippen LogP) is 0.431. The van der Waals surface area contributed by atoms with Gasteiger partial charge in [-0.1, -0.05) is 5.21 Å². The van der Waals surface area contributed by atoms with Gasteiger partial charge in [0.15, 0.2) is 0 Å². The molecule has 110 valence electrons. The third-order valence-electron chi connectivity index (χ3n) is 3.49. The molecule has 0 saturated carbocycles. The Bertz CT molecular complexity index is 612. The van der Waals surface area contributed by atoms with Crippen LogP contribution in [0.4, 0.5) is 10.5 Å². The second kappa shape index (κ2) is 5.49. The van der Waals surface area contributed by atoms with Gasteiger partial charge in [0.1, 0.15) is 0 Å². The number of aliphatic hydroxyl groups is 1. The second-order valence-corrected chi connectivity index (χ2v) is 5.04. The van der Waals surface area contributed by atoms with Gasteiger partial charge in [-0.15, -0.1) is 5.10 Å². The first-order valence-corrected chi connectivity index (χ1v) is 6.66. The topological polar surface area (TPSA) is 96.2 Å². The van der Waals surface area contributed by atoms with Crippen molar-refractivity contribution in [2.75, 3.05) is 18.4 Å². The van der Waals surface area contributed by atoms with Gasteiger partial charge in [-0.05, 0) is 19.1 Å². The summed E-state index contributed by atoms with van der Waals surface area (Å²) in [6, 6.07) is 3.09. The summed E-state index contributed by atoms with van der Waals surface area (Å²) in [5, 5.41) is 20.4. The van der Waals surface area contributed by atoms with Crippen LogP contribution >= 0.6 is 0 Å². The molecule has 8 nitrogen and oxygen atoms in total. The highest BCUT2D eigenvalue weighted by atomic mass is 16.3. The molecule has 0 spiro atoms. The van der Waals surface area contributed by atoms with E-state index in [2.05, 4.69) is 20.6 Å². The van der Waals surface area contributed by atoms with Gasteiger partial charge in [0.2, 0.25) is 0 Å². The van der Waals surface area contributed by atoms with Crippen LogP contribution in [0.2, 0.25) is 0 Å². The summed E-state index contributed by atoms with van der Waals surface area (Å²) in [6.45, 7) is 2.52. The summed E-state index contributed by atoms with van der Waals surface area (Å²) in [4.78, 5) is 17.9. The SMILES string of the molecule is Cc1ccc(NC(=O)N2C[C@@H](O)[C@H](n3ccnn3)C2)cn1. The van der Waals surface area contributed by atoms with Crippen LogP contribution in [-0.2, 0) is 0 Å². The number of nitrogens with zero attached hydrogens (tertiary/aromatic N) is 5. The Kier molecular flexibility index (Phi) is 3.53. The van der Waals surface area contributed by atoms with Crippen LogP contribution < -0.4 is 5.32 Å². The Labute approximate surface area is 121 Å². The zero-order chi connectivity index (χ0) is 14.8. The Balaban J connectivity index is 1.65. The highest BCUT2D eigenvalue weighted by Crippen LogP contribution is 2.21. The van der Waals surface area contributed by atoms with Crippen molar-refractivity contribution in [2.45, 2.75) is 19.1 Å². The van der Waals surface area contributed by atoms with Crippen LogP contribution in [0.1, 0.15) is 11.7 Å². The Morgan fingerprint density at radius 2 is 2.29 bits per heavy atom. The third-order valence-corrected chi connectivity index (χ3v) is 3.49. The molecule has 0 bridgehead atoms. The predicted molar refractivity (Wildman–Crippen MR) is 74.6 cm³/mol. The fraction of sp³-hybridized carbons (Fsp3) is 0.385. The number of rotatable bonds is 2. The first-order chi connectivity index (χ1) is 10.1. The molecule has 21 heavy (non-hydrogen) atoms. The van der Waals surface area contributed by atoms with Gasteiger partial charge in [0.25, 0.3) is 0 Å². The van der Waals surface area contributed by atoms with Gasteiger partial charge in [0.05, 0.1) is 36.8 Å². The van der Waals surface area contributed by atoms with Crippen molar-refractivity contribution >= 4 is 11.7 Å². The van der Waals surface area contributed by atoms with Crippen LogP contribution in [0, 0.1) is 6.92 Å². The number of carbonyl (C=O) groups excluding carboxylic acids is 1. The van der Waals surface area contributed by atoms with E-state index in [1.807, 2.05) is 13.0 Å². The molecule has 1 aliphatic rings. The maximum atomic E-state index is 12.2. The van der Waals surface area contributed by atoms with Gasteiger partial charge in [-0.2, -0.15) is 0 Å². The van der Waals surface area contributed by atoms with Crippen LogP contribution in [-0.4, -0.2) is 55.2 Å². The molecule has 2 aromatic heterocycles. The van der Waals surface area contributed by atoms with Crippen LogP contribution in [0.5, 0.6) is 0 Å². The molecule has 2 amide bonds. The molecule has 3 heterocycles. The number of anilines is 1. The minimum absolute atomic E-state index is 0.260. The summed E-state index contributed by atoms with van der Waals surface area (Å²) < 4.78 is 1.57. The number of hydrogen-bond donors (Lipinski definition) is 2. The monoisotopic (exact) mass is 288 g/mol. The Morgan fingerprint density at radius 3 is 2.95 bits per heavy atom. The van der Waals surface area contributed by atoms with E-state index < -0.39 is 6.10 Å². The number of likely N-dealkylation sites (tertiary alicyclic amines) is 1. The average molecular weight is 288 g/mol. The zero-order valence-electron chi connectivity index (χ0n) is 11.5. The molecule has 0 radical (unpaired) electrons. The number of nitrogens with one attached hydrogen (secondary N) is 1. The molecule has 0 unspecified atom stereocenters. The average Bonchev–Trinajstić information content (AvgIpc) is 3.10. The molecule has 0 aliphatic carbocycles. The highest BCUT2D eigenvalue weighted by Gasteiger charge is 2.35. The van der Waals surface area contributed by atoms with Crippen molar-refractivity contribution in [3.05, 3.63) is 36.4 Å². The van der Waals surface area contributed by atoms with Crippen LogP contribution in [0.15, 0.2) is 30.7 Å². The number of aryl methyl sites for hydroxylation is 1. The van der Waals surface area contributed by atoms with Crippen molar-refractivity contribution in [1.82, 2.24) is 24.9 Å². The summed E-state index contributed by atoms with van der Waals surface area (Å²) in [5.74, 6) is 0. The first kappa shape index (κ1) is 13.5. The van der Waals surface area contributed by atoms with E-state index in [-0.39, 0.29) is 18.6 Å².